The fraction of sp³-hybridized carbons (Fsp3) is 0.474. The molecule has 0 radical (unpaired) electrons. The third-order valence-corrected chi connectivity index (χ3v) is 5.13. The maximum absolute atomic E-state index is 12.5. The van der Waals surface area contributed by atoms with E-state index >= 15 is 0 Å². The van der Waals surface area contributed by atoms with Crippen molar-refractivity contribution in [1.29, 1.82) is 0 Å². The Balaban J connectivity index is 1.41. The summed E-state index contributed by atoms with van der Waals surface area (Å²) in [6.07, 6.45) is 3.78. The summed E-state index contributed by atoms with van der Waals surface area (Å²) < 4.78 is 11.2. The minimum Gasteiger partial charge on any atom is -0.488 e. The number of rotatable bonds is 4. The minimum atomic E-state index is -0.197. The monoisotopic (exact) mass is 341 g/mol. The van der Waals surface area contributed by atoms with Gasteiger partial charge >= 0.3 is 0 Å². The molecule has 1 atom stereocenters. The first-order valence-electron chi connectivity index (χ1n) is 8.97. The molecule has 25 heavy (non-hydrogen) atoms. The van der Waals surface area contributed by atoms with Gasteiger partial charge in [0.2, 0.25) is 0 Å². The average Bonchev–Trinajstić information content (AvgIpc) is 3.08. The van der Waals surface area contributed by atoms with Crippen LogP contribution < -0.4 is 10.1 Å². The zero-order valence-corrected chi connectivity index (χ0v) is 14.5. The molecule has 1 aromatic carbocycles. The van der Waals surface area contributed by atoms with Crippen LogP contribution in [0.3, 0.4) is 0 Å². The fourth-order valence-electron chi connectivity index (χ4n) is 3.65. The predicted molar refractivity (Wildman–Crippen MR) is 93.5 cm³/mol. The van der Waals surface area contributed by atoms with Gasteiger partial charge in [-0.15, -0.1) is 0 Å². The number of amides is 1. The zero-order valence-electron chi connectivity index (χ0n) is 14.5. The number of likely N-dealkylation sites (tertiary alicyclic amines) is 1. The molecule has 132 valence electrons. The highest BCUT2D eigenvalue weighted by molar-refractivity contribution is 5.95. The van der Waals surface area contributed by atoms with E-state index in [1.807, 2.05) is 24.3 Å². The van der Waals surface area contributed by atoms with Crippen molar-refractivity contribution in [2.45, 2.75) is 38.8 Å². The Kier molecular flexibility index (Phi) is 4.44. The molecule has 2 aromatic rings. The summed E-state index contributed by atoms with van der Waals surface area (Å²) in [6, 6.07) is 8.22. The molecule has 1 N–H and O–H groups in total. The topological polar surface area (TPSA) is 67.6 Å². The molecule has 1 fully saturated rings. The molecule has 6 nitrogen and oxygen atoms in total. The van der Waals surface area contributed by atoms with Crippen molar-refractivity contribution in [3.63, 3.8) is 0 Å². The van der Waals surface area contributed by atoms with Crippen LogP contribution in [0.1, 0.15) is 42.2 Å². The van der Waals surface area contributed by atoms with Crippen molar-refractivity contribution in [1.82, 2.24) is 15.4 Å². The maximum atomic E-state index is 12.5. The number of aromatic nitrogens is 1. The molecule has 3 heterocycles. The number of carbonyl (C=O) groups excluding carboxylic acids is 1. The summed E-state index contributed by atoms with van der Waals surface area (Å²) in [4.78, 5) is 14.9. The van der Waals surface area contributed by atoms with Gasteiger partial charge in [-0.25, -0.2) is 0 Å². The lowest BCUT2D eigenvalue weighted by atomic mass is 10.0. The van der Waals surface area contributed by atoms with Crippen molar-refractivity contribution in [2.24, 2.45) is 0 Å². The van der Waals surface area contributed by atoms with Crippen LogP contribution in [-0.2, 0) is 6.61 Å². The summed E-state index contributed by atoms with van der Waals surface area (Å²) in [7, 11) is 0. The van der Waals surface area contributed by atoms with Gasteiger partial charge < -0.3 is 14.6 Å². The van der Waals surface area contributed by atoms with Crippen LogP contribution in [0.2, 0.25) is 0 Å². The summed E-state index contributed by atoms with van der Waals surface area (Å²) in [5.74, 6) is 1.20. The predicted octanol–water partition coefficient (Wildman–Crippen LogP) is 2.84. The first-order valence-corrected chi connectivity index (χ1v) is 8.97. The average molecular weight is 341 g/mol. The number of hydrogen-bond acceptors (Lipinski definition) is 5. The molecule has 0 bridgehead atoms. The molecule has 6 heteroatoms. The number of nitrogens with zero attached hydrogens (tertiary/aromatic N) is 2. The Bertz CT molecular complexity index is 771. The second kappa shape index (κ2) is 6.88. The molecule has 2 aliphatic rings. The number of nitrogens with one attached hydrogen (secondary N) is 1. The Labute approximate surface area is 147 Å². The summed E-state index contributed by atoms with van der Waals surface area (Å²) in [5, 5.41) is 6.96. The van der Waals surface area contributed by atoms with Gasteiger partial charge in [-0.1, -0.05) is 23.7 Å². The van der Waals surface area contributed by atoms with Crippen LogP contribution in [0.5, 0.6) is 5.75 Å². The number of fused-ring (bicyclic) bond motifs is 3. The van der Waals surface area contributed by atoms with Crippen molar-refractivity contribution in [3.8, 4) is 17.1 Å². The number of benzene rings is 1. The smallest absolute Gasteiger partial charge is 0.273 e. The van der Waals surface area contributed by atoms with E-state index in [2.05, 4.69) is 22.3 Å². The molecular formula is C19H23N3O3. The van der Waals surface area contributed by atoms with Gasteiger partial charge in [0.1, 0.15) is 12.4 Å². The molecular weight excluding hydrogens is 318 g/mol. The van der Waals surface area contributed by atoms with Crippen molar-refractivity contribution in [2.75, 3.05) is 19.6 Å². The lowest BCUT2D eigenvalue weighted by Gasteiger charge is -2.33. The molecule has 0 unspecified atom stereocenters. The number of carbonyl (C=O) groups is 1. The van der Waals surface area contributed by atoms with Gasteiger partial charge in [0.05, 0.1) is 11.1 Å². The molecule has 2 aliphatic heterocycles. The second-order valence-corrected chi connectivity index (χ2v) is 6.76. The molecule has 1 aromatic heterocycles. The molecule has 4 rings (SSSR count). The number of piperidine rings is 1. The van der Waals surface area contributed by atoms with E-state index in [4.69, 9.17) is 9.26 Å². The first kappa shape index (κ1) is 16.1. The van der Waals surface area contributed by atoms with E-state index in [0.717, 1.165) is 30.0 Å². The normalized spacial score (nSPS) is 19.6. The summed E-state index contributed by atoms with van der Waals surface area (Å²) in [5.41, 5.74) is 1.90. The summed E-state index contributed by atoms with van der Waals surface area (Å²) in [6.45, 7) is 5.15. The van der Waals surface area contributed by atoms with Crippen LogP contribution >= 0.6 is 0 Å². The third-order valence-electron chi connectivity index (χ3n) is 5.13. The van der Waals surface area contributed by atoms with Crippen molar-refractivity contribution in [3.05, 3.63) is 35.5 Å². The highest BCUT2D eigenvalue weighted by Gasteiger charge is 2.28. The van der Waals surface area contributed by atoms with Crippen LogP contribution in [0, 0.1) is 0 Å². The zero-order chi connectivity index (χ0) is 17.2. The second-order valence-electron chi connectivity index (χ2n) is 6.76. The minimum absolute atomic E-state index is 0.197. The SMILES string of the molecule is C[C@H]1CCCCN1CCNC(=O)c1noc2c1COc1ccccc1-2. The Morgan fingerprint density at radius 3 is 3.12 bits per heavy atom. The maximum Gasteiger partial charge on any atom is 0.273 e. The molecule has 1 saturated heterocycles. The Morgan fingerprint density at radius 1 is 1.36 bits per heavy atom. The molecule has 0 spiro atoms. The number of ether oxygens (including phenoxy) is 1. The fourth-order valence-corrected chi connectivity index (χ4v) is 3.65. The van der Waals surface area contributed by atoms with Crippen LogP contribution in [0.15, 0.2) is 28.8 Å². The highest BCUT2D eigenvalue weighted by Crippen LogP contribution is 2.38. The largest absolute Gasteiger partial charge is 0.488 e. The molecule has 0 saturated carbocycles. The van der Waals surface area contributed by atoms with Gasteiger partial charge in [-0.2, -0.15) is 0 Å². The first-order chi connectivity index (χ1) is 12.2. The lowest BCUT2D eigenvalue weighted by Crippen LogP contribution is -2.42. The summed E-state index contributed by atoms with van der Waals surface area (Å²) >= 11 is 0. The molecule has 0 aliphatic carbocycles. The van der Waals surface area contributed by atoms with E-state index in [1.165, 1.54) is 19.3 Å². The van der Waals surface area contributed by atoms with E-state index in [9.17, 15) is 4.79 Å². The van der Waals surface area contributed by atoms with E-state index in [0.29, 0.717) is 30.6 Å². The number of hydrogen-bond donors (Lipinski definition) is 1. The third kappa shape index (κ3) is 3.14. The van der Waals surface area contributed by atoms with E-state index < -0.39 is 0 Å². The lowest BCUT2D eigenvalue weighted by molar-refractivity contribution is 0.0927. The van der Waals surface area contributed by atoms with Gasteiger partial charge in [0.25, 0.3) is 5.91 Å². The van der Waals surface area contributed by atoms with Gasteiger partial charge in [-0.05, 0) is 38.4 Å². The van der Waals surface area contributed by atoms with Crippen LogP contribution in [0.25, 0.3) is 11.3 Å². The quantitative estimate of drug-likeness (QED) is 0.926. The Hall–Kier alpha value is -2.34. The van der Waals surface area contributed by atoms with E-state index in [1.54, 1.807) is 0 Å². The van der Waals surface area contributed by atoms with Crippen molar-refractivity contribution >= 4 is 5.91 Å². The highest BCUT2D eigenvalue weighted by atomic mass is 16.5. The number of para-hydroxylation sites is 1. The van der Waals surface area contributed by atoms with Gasteiger partial charge in [0.15, 0.2) is 11.5 Å². The molecule has 1 amide bonds. The van der Waals surface area contributed by atoms with Gasteiger partial charge in [0, 0.05) is 19.1 Å². The Morgan fingerprint density at radius 2 is 2.24 bits per heavy atom. The van der Waals surface area contributed by atoms with Crippen LogP contribution in [0.4, 0.5) is 0 Å². The van der Waals surface area contributed by atoms with E-state index in [-0.39, 0.29) is 5.91 Å². The van der Waals surface area contributed by atoms with Crippen LogP contribution in [-0.4, -0.2) is 41.6 Å². The standard InChI is InChI=1S/C19H23N3O3/c1-13-6-4-5-10-22(13)11-9-20-19(23)17-15-12-24-16-8-3-2-7-14(16)18(15)25-21-17/h2-3,7-8,13H,4-6,9-12H2,1H3,(H,20,23)/t13-/m0/s1. The van der Waals surface area contributed by atoms with Gasteiger partial charge in [-0.3, -0.25) is 9.69 Å². The van der Waals surface area contributed by atoms with Crippen molar-refractivity contribution < 1.29 is 14.1 Å².